The first-order chi connectivity index (χ1) is 13.4. The van der Waals surface area contributed by atoms with E-state index in [9.17, 15) is 0 Å². The highest BCUT2D eigenvalue weighted by Crippen LogP contribution is 2.31. The Hall–Kier alpha value is -3.08. The normalized spacial score (nSPS) is 12.0. The van der Waals surface area contributed by atoms with Gasteiger partial charge in [-0.05, 0) is 43.4 Å². The predicted molar refractivity (Wildman–Crippen MR) is 115 cm³/mol. The summed E-state index contributed by atoms with van der Waals surface area (Å²) in [5, 5.41) is 6.69. The third kappa shape index (κ3) is 3.52. The minimum atomic E-state index is -0.227. The number of aromatic nitrogens is 4. The average Bonchev–Trinajstić information content (AvgIpc) is 2.68. The molecule has 3 aromatic heterocycles. The summed E-state index contributed by atoms with van der Waals surface area (Å²) in [6, 6.07) is 10.5. The molecule has 1 N–H and O–H groups in total. The van der Waals surface area contributed by atoms with Crippen molar-refractivity contribution in [3.63, 3.8) is 0 Å². The largest absolute Gasteiger partial charge is 0.367 e. The van der Waals surface area contributed by atoms with E-state index in [0.717, 1.165) is 34.4 Å². The van der Waals surface area contributed by atoms with Crippen molar-refractivity contribution in [3.05, 3.63) is 66.5 Å². The monoisotopic (exact) mass is 371 g/mol. The van der Waals surface area contributed by atoms with Gasteiger partial charge in [-0.3, -0.25) is 4.98 Å². The molecule has 142 valence electrons. The van der Waals surface area contributed by atoms with Crippen molar-refractivity contribution >= 4 is 27.5 Å². The summed E-state index contributed by atoms with van der Waals surface area (Å²) in [6.07, 6.45) is 8.40. The van der Waals surface area contributed by atoms with E-state index in [0.29, 0.717) is 6.04 Å². The zero-order valence-corrected chi connectivity index (χ0v) is 16.8. The lowest BCUT2D eigenvalue weighted by atomic mass is 9.84. The van der Waals surface area contributed by atoms with Crippen LogP contribution in [0.25, 0.3) is 21.7 Å². The molecule has 28 heavy (non-hydrogen) atoms. The van der Waals surface area contributed by atoms with Gasteiger partial charge in [-0.1, -0.05) is 32.0 Å². The van der Waals surface area contributed by atoms with Crippen LogP contribution in [0.1, 0.15) is 39.1 Å². The SMILES string of the molecule is CC(C)Nc1nccc2c(CC(C)(C)c3ncc4ccccc4n3)cncc12. The highest BCUT2D eigenvalue weighted by atomic mass is 15.0. The van der Waals surface area contributed by atoms with E-state index in [4.69, 9.17) is 4.98 Å². The quantitative estimate of drug-likeness (QED) is 0.540. The summed E-state index contributed by atoms with van der Waals surface area (Å²) in [6.45, 7) is 8.59. The van der Waals surface area contributed by atoms with Crippen LogP contribution in [0.15, 0.2) is 55.1 Å². The van der Waals surface area contributed by atoms with E-state index < -0.39 is 0 Å². The Bertz CT molecular complexity index is 1130. The van der Waals surface area contributed by atoms with Gasteiger partial charge in [-0.25, -0.2) is 15.0 Å². The molecule has 4 rings (SSSR count). The van der Waals surface area contributed by atoms with Gasteiger partial charge in [0, 0.05) is 47.0 Å². The maximum atomic E-state index is 4.82. The van der Waals surface area contributed by atoms with E-state index in [1.165, 1.54) is 10.9 Å². The Morgan fingerprint density at radius 2 is 1.79 bits per heavy atom. The molecular formula is C23H25N5. The van der Waals surface area contributed by atoms with Gasteiger partial charge in [0.2, 0.25) is 0 Å². The fraction of sp³-hybridized carbons (Fsp3) is 0.304. The number of rotatable bonds is 5. The van der Waals surface area contributed by atoms with Gasteiger partial charge in [0.1, 0.15) is 11.6 Å². The van der Waals surface area contributed by atoms with Crippen molar-refractivity contribution in [1.29, 1.82) is 0 Å². The fourth-order valence-electron chi connectivity index (χ4n) is 3.54. The Balaban J connectivity index is 1.73. The van der Waals surface area contributed by atoms with E-state index in [2.05, 4.69) is 54.0 Å². The number of benzene rings is 1. The molecule has 1 aromatic carbocycles. The average molecular weight is 371 g/mol. The summed E-state index contributed by atoms with van der Waals surface area (Å²) in [7, 11) is 0. The van der Waals surface area contributed by atoms with E-state index >= 15 is 0 Å². The van der Waals surface area contributed by atoms with Crippen LogP contribution in [0.5, 0.6) is 0 Å². The van der Waals surface area contributed by atoms with Crippen molar-refractivity contribution < 1.29 is 0 Å². The van der Waals surface area contributed by atoms with Crippen molar-refractivity contribution in [2.45, 2.75) is 45.6 Å². The molecule has 0 aliphatic rings. The molecule has 0 fully saturated rings. The fourth-order valence-corrected chi connectivity index (χ4v) is 3.54. The van der Waals surface area contributed by atoms with Crippen LogP contribution in [-0.4, -0.2) is 26.0 Å². The Morgan fingerprint density at radius 3 is 2.61 bits per heavy atom. The van der Waals surface area contributed by atoms with Crippen LogP contribution in [0.4, 0.5) is 5.82 Å². The highest BCUT2D eigenvalue weighted by Gasteiger charge is 2.26. The lowest BCUT2D eigenvalue weighted by Gasteiger charge is -2.24. The van der Waals surface area contributed by atoms with Crippen LogP contribution < -0.4 is 5.32 Å². The zero-order chi connectivity index (χ0) is 19.7. The first-order valence-electron chi connectivity index (χ1n) is 9.64. The van der Waals surface area contributed by atoms with Gasteiger partial charge >= 0.3 is 0 Å². The molecule has 0 saturated heterocycles. The topological polar surface area (TPSA) is 63.6 Å². The number of hydrogen-bond donors (Lipinski definition) is 1. The second kappa shape index (κ2) is 7.15. The molecule has 0 spiro atoms. The van der Waals surface area contributed by atoms with E-state index in [-0.39, 0.29) is 5.41 Å². The standard InChI is InChI=1S/C23H25N5/c1-15(2)27-21-19-14-24-12-17(18(19)9-10-25-21)11-23(3,4)22-26-13-16-7-5-6-8-20(16)28-22/h5-10,12-15H,11H2,1-4H3,(H,25,27). The second-order valence-corrected chi connectivity index (χ2v) is 8.17. The lowest BCUT2D eigenvalue weighted by Crippen LogP contribution is -2.24. The molecule has 0 saturated carbocycles. The third-order valence-electron chi connectivity index (χ3n) is 4.92. The van der Waals surface area contributed by atoms with Gasteiger partial charge in [0.25, 0.3) is 0 Å². The molecule has 0 unspecified atom stereocenters. The molecule has 5 nitrogen and oxygen atoms in total. The summed E-state index contributed by atoms with van der Waals surface area (Å²) in [4.78, 5) is 18.5. The zero-order valence-electron chi connectivity index (χ0n) is 16.8. The molecule has 0 aliphatic heterocycles. The molecule has 0 amide bonds. The number of nitrogens with one attached hydrogen (secondary N) is 1. The summed E-state index contributed by atoms with van der Waals surface area (Å²) < 4.78 is 0. The molecule has 0 radical (unpaired) electrons. The van der Waals surface area contributed by atoms with Gasteiger partial charge in [-0.2, -0.15) is 0 Å². The smallest absolute Gasteiger partial charge is 0.135 e. The van der Waals surface area contributed by atoms with Crippen LogP contribution in [-0.2, 0) is 11.8 Å². The number of nitrogens with zero attached hydrogens (tertiary/aromatic N) is 4. The summed E-state index contributed by atoms with van der Waals surface area (Å²) in [5.74, 6) is 1.72. The van der Waals surface area contributed by atoms with E-state index in [1.807, 2.05) is 49.1 Å². The molecule has 0 atom stereocenters. The predicted octanol–water partition coefficient (Wildman–Crippen LogP) is 4.91. The molecular weight excluding hydrogens is 346 g/mol. The molecule has 4 aromatic rings. The molecule has 5 heteroatoms. The van der Waals surface area contributed by atoms with Crippen molar-refractivity contribution in [3.8, 4) is 0 Å². The summed E-state index contributed by atoms with van der Waals surface area (Å²) >= 11 is 0. The Morgan fingerprint density at radius 1 is 0.964 bits per heavy atom. The maximum Gasteiger partial charge on any atom is 0.135 e. The molecule has 0 bridgehead atoms. The Labute approximate surface area is 165 Å². The highest BCUT2D eigenvalue weighted by molar-refractivity contribution is 5.93. The van der Waals surface area contributed by atoms with Gasteiger partial charge in [0.15, 0.2) is 0 Å². The van der Waals surface area contributed by atoms with Crippen LogP contribution in [0.3, 0.4) is 0 Å². The number of fused-ring (bicyclic) bond motifs is 2. The molecule has 0 aliphatic carbocycles. The van der Waals surface area contributed by atoms with Crippen molar-refractivity contribution in [2.24, 2.45) is 0 Å². The van der Waals surface area contributed by atoms with Crippen LogP contribution in [0.2, 0.25) is 0 Å². The number of hydrogen-bond acceptors (Lipinski definition) is 5. The number of pyridine rings is 2. The van der Waals surface area contributed by atoms with Gasteiger partial charge in [-0.15, -0.1) is 0 Å². The second-order valence-electron chi connectivity index (χ2n) is 8.17. The number of para-hydroxylation sites is 1. The van der Waals surface area contributed by atoms with Crippen LogP contribution >= 0.6 is 0 Å². The number of anilines is 1. The maximum absolute atomic E-state index is 4.82. The first kappa shape index (κ1) is 18.3. The molecule has 3 heterocycles. The van der Waals surface area contributed by atoms with Crippen molar-refractivity contribution in [2.75, 3.05) is 5.32 Å². The van der Waals surface area contributed by atoms with Crippen LogP contribution in [0, 0.1) is 0 Å². The minimum absolute atomic E-state index is 0.227. The van der Waals surface area contributed by atoms with Crippen molar-refractivity contribution in [1.82, 2.24) is 19.9 Å². The Kier molecular flexibility index (Phi) is 4.67. The minimum Gasteiger partial charge on any atom is -0.367 e. The van der Waals surface area contributed by atoms with Gasteiger partial charge in [0.05, 0.1) is 5.52 Å². The van der Waals surface area contributed by atoms with Gasteiger partial charge < -0.3 is 5.32 Å². The van der Waals surface area contributed by atoms with E-state index in [1.54, 1.807) is 0 Å². The lowest BCUT2D eigenvalue weighted by molar-refractivity contribution is 0.490. The third-order valence-corrected chi connectivity index (χ3v) is 4.92. The summed E-state index contributed by atoms with van der Waals surface area (Å²) in [5.41, 5.74) is 1.92. The first-order valence-corrected chi connectivity index (χ1v) is 9.64.